The van der Waals surface area contributed by atoms with E-state index in [1.165, 1.54) is 12.4 Å². The van der Waals surface area contributed by atoms with Crippen LogP contribution in [-0.2, 0) is 13.2 Å². The molecule has 5 nitrogen and oxygen atoms in total. The summed E-state index contributed by atoms with van der Waals surface area (Å²) >= 11 is 5.99. The summed E-state index contributed by atoms with van der Waals surface area (Å²) in [6, 6.07) is 2.52. The molecule has 146 valence electrons. The molecular weight excluding hydrogens is 388 g/mol. The lowest BCUT2D eigenvalue weighted by Gasteiger charge is -2.14. The lowest BCUT2D eigenvalue weighted by atomic mass is 10.1. The van der Waals surface area contributed by atoms with Crippen LogP contribution < -0.4 is 5.43 Å². The number of aryl methyl sites for hydroxylation is 1. The van der Waals surface area contributed by atoms with Crippen LogP contribution >= 0.6 is 11.6 Å². The summed E-state index contributed by atoms with van der Waals surface area (Å²) in [4.78, 5) is 18.1. The molecule has 0 aliphatic rings. The molecule has 2 rings (SSSR count). The molecule has 0 saturated carbocycles. The molecule has 0 N–H and O–H groups in total. The molecule has 10 heteroatoms. The molecule has 1 aromatic heterocycles. The van der Waals surface area contributed by atoms with E-state index in [9.17, 15) is 22.4 Å². The van der Waals surface area contributed by atoms with Crippen molar-refractivity contribution in [2.45, 2.75) is 20.0 Å². The van der Waals surface area contributed by atoms with E-state index in [0.717, 1.165) is 13.1 Å². The van der Waals surface area contributed by atoms with Crippen molar-refractivity contribution in [3.05, 3.63) is 45.0 Å². The second kappa shape index (κ2) is 8.08. The van der Waals surface area contributed by atoms with Gasteiger partial charge < -0.3 is 4.90 Å². The third-order valence-corrected chi connectivity index (χ3v) is 4.16. The van der Waals surface area contributed by atoms with Gasteiger partial charge in [-0.1, -0.05) is 11.6 Å². The van der Waals surface area contributed by atoms with Crippen LogP contribution in [-0.4, -0.2) is 34.1 Å². The highest BCUT2D eigenvalue weighted by molar-refractivity contribution is 6.33. The number of alkyl halides is 3. The Morgan fingerprint density at radius 2 is 1.89 bits per heavy atom. The molecular formula is C17H17ClF4N4O. The van der Waals surface area contributed by atoms with Crippen LogP contribution in [0, 0.1) is 5.82 Å². The Labute approximate surface area is 157 Å². The van der Waals surface area contributed by atoms with Gasteiger partial charge in [0, 0.05) is 31.8 Å². The third kappa shape index (κ3) is 4.65. The monoisotopic (exact) mass is 404 g/mol. The standard InChI is InChI=1S/C17H17ClF4N4O/c1-4-26(5-2)9-23-13-6-10(12(19)7-11(13)18)16-14(27)8-15(17(20,21)22)25(3)24-16/h6-9H,4-5H2,1-3H3. The molecule has 0 spiro atoms. The summed E-state index contributed by atoms with van der Waals surface area (Å²) in [6.45, 7) is 5.21. The predicted molar refractivity (Wildman–Crippen MR) is 96.0 cm³/mol. The van der Waals surface area contributed by atoms with E-state index >= 15 is 0 Å². The molecule has 0 atom stereocenters. The summed E-state index contributed by atoms with van der Waals surface area (Å²) in [6.07, 6.45) is -3.24. The van der Waals surface area contributed by atoms with Crippen LogP contribution in [0.4, 0.5) is 23.2 Å². The van der Waals surface area contributed by atoms with Crippen LogP contribution in [0.1, 0.15) is 19.5 Å². The van der Waals surface area contributed by atoms with Crippen LogP contribution in [0.5, 0.6) is 0 Å². The maximum atomic E-state index is 14.3. The second-order valence-corrected chi connectivity index (χ2v) is 6.02. The van der Waals surface area contributed by atoms with Crippen molar-refractivity contribution in [3.8, 4) is 11.3 Å². The molecule has 0 aliphatic heterocycles. The number of rotatable bonds is 5. The number of hydrogen-bond acceptors (Lipinski definition) is 3. The molecule has 0 unspecified atom stereocenters. The van der Waals surface area contributed by atoms with Gasteiger partial charge >= 0.3 is 6.18 Å². The molecule has 2 aromatic rings. The molecule has 0 radical (unpaired) electrons. The van der Waals surface area contributed by atoms with E-state index in [4.69, 9.17) is 11.6 Å². The molecule has 0 fully saturated rings. The molecule has 0 amide bonds. The van der Waals surface area contributed by atoms with Gasteiger partial charge in [-0.15, -0.1) is 0 Å². The summed E-state index contributed by atoms with van der Waals surface area (Å²) < 4.78 is 53.5. The number of benzene rings is 1. The maximum Gasteiger partial charge on any atom is 0.433 e. The van der Waals surface area contributed by atoms with E-state index in [2.05, 4.69) is 10.1 Å². The first-order valence-corrected chi connectivity index (χ1v) is 8.39. The van der Waals surface area contributed by atoms with Crippen molar-refractivity contribution >= 4 is 23.6 Å². The van der Waals surface area contributed by atoms with Gasteiger partial charge in [-0.05, 0) is 26.0 Å². The van der Waals surface area contributed by atoms with Gasteiger partial charge in [0.1, 0.15) is 17.2 Å². The zero-order valence-corrected chi connectivity index (χ0v) is 15.6. The first-order valence-electron chi connectivity index (χ1n) is 8.01. The number of nitrogens with zero attached hydrogens (tertiary/aromatic N) is 4. The fourth-order valence-corrected chi connectivity index (χ4v) is 2.54. The summed E-state index contributed by atoms with van der Waals surface area (Å²) in [7, 11) is 1.03. The Balaban J connectivity index is 2.58. The predicted octanol–water partition coefficient (Wildman–Crippen LogP) is 4.26. The van der Waals surface area contributed by atoms with Gasteiger partial charge in [0.15, 0.2) is 0 Å². The normalized spacial score (nSPS) is 12.0. The minimum absolute atomic E-state index is 0.00314. The average molecular weight is 405 g/mol. The number of aromatic nitrogens is 2. The average Bonchev–Trinajstić information content (AvgIpc) is 2.58. The van der Waals surface area contributed by atoms with Crippen molar-refractivity contribution in [1.29, 1.82) is 0 Å². The van der Waals surface area contributed by atoms with Crippen LogP contribution in [0.25, 0.3) is 11.3 Å². The highest BCUT2D eigenvalue weighted by atomic mass is 35.5. The van der Waals surface area contributed by atoms with Crippen LogP contribution in [0.2, 0.25) is 5.02 Å². The first kappa shape index (κ1) is 20.9. The minimum Gasteiger partial charge on any atom is -0.363 e. The fraction of sp³-hybridized carbons (Fsp3) is 0.353. The Morgan fingerprint density at radius 3 is 2.44 bits per heavy atom. The van der Waals surface area contributed by atoms with Gasteiger partial charge in [-0.25, -0.2) is 9.38 Å². The lowest BCUT2D eigenvalue weighted by Crippen LogP contribution is -2.22. The van der Waals surface area contributed by atoms with Crippen molar-refractivity contribution < 1.29 is 17.6 Å². The molecule has 1 heterocycles. The Kier molecular flexibility index (Phi) is 6.25. The smallest absolute Gasteiger partial charge is 0.363 e. The highest BCUT2D eigenvalue weighted by Crippen LogP contribution is 2.33. The Hall–Kier alpha value is -2.42. The first-order chi connectivity index (χ1) is 12.6. The topological polar surface area (TPSA) is 50.5 Å². The Bertz CT molecular complexity index is 920. The largest absolute Gasteiger partial charge is 0.433 e. The number of halogens is 5. The van der Waals surface area contributed by atoms with Crippen LogP contribution in [0.15, 0.2) is 28.0 Å². The number of aliphatic imine (C=N–C) groups is 1. The van der Waals surface area contributed by atoms with Crippen molar-refractivity contribution in [2.24, 2.45) is 12.0 Å². The molecule has 27 heavy (non-hydrogen) atoms. The quantitative estimate of drug-likeness (QED) is 0.425. The lowest BCUT2D eigenvalue weighted by molar-refractivity contribution is -0.144. The maximum absolute atomic E-state index is 14.3. The van der Waals surface area contributed by atoms with Gasteiger partial charge in [-0.3, -0.25) is 9.48 Å². The highest BCUT2D eigenvalue weighted by Gasteiger charge is 2.34. The second-order valence-electron chi connectivity index (χ2n) is 5.61. The zero-order chi connectivity index (χ0) is 20.4. The molecule has 1 aromatic carbocycles. The minimum atomic E-state index is -4.75. The molecule has 0 bridgehead atoms. The van der Waals surface area contributed by atoms with E-state index in [1.807, 2.05) is 18.7 Å². The van der Waals surface area contributed by atoms with Crippen molar-refractivity contribution in [3.63, 3.8) is 0 Å². The van der Waals surface area contributed by atoms with Crippen LogP contribution in [0.3, 0.4) is 0 Å². The van der Waals surface area contributed by atoms with Gasteiger partial charge in [0.25, 0.3) is 0 Å². The van der Waals surface area contributed by atoms with Crippen molar-refractivity contribution in [1.82, 2.24) is 14.7 Å². The molecule has 0 saturated heterocycles. The number of hydrogen-bond donors (Lipinski definition) is 0. The molecule has 0 aliphatic carbocycles. The fourth-order valence-electron chi connectivity index (χ4n) is 2.34. The van der Waals surface area contributed by atoms with Gasteiger partial charge in [0.05, 0.1) is 17.0 Å². The summed E-state index contributed by atoms with van der Waals surface area (Å²) in [5.41, 5.74) is -2.85. The SMILES string of the molecule is CCN(C=Nc1cc(-c2nn(C)c(C(F)(F)F)cc2=O)c(F)cc1Cl)CC. The summed E-state index contributed by atoms with van der Waals surface area (Å²) in [5.74, 6) is -0.883. The Morgan fingerprint density at radius 1 is 1.26 bits per heavy atom. The van der Waals surface area contributed by atoms with Crippen molar-refractivity contribution in [2.75, 3.05) is 13.1 Å². The van der Waals surface area contributed by atoms with E-state index in [1.54, 1.807) is 0 Å². The van der Waals surface area contributed by atoms with E-state index in [0.29, 0.717) is 23.8 Å². The van der Waals surface area contributed by atoms with E-state index in [-0.39, 0.29) is 16.3 Å². The van der Waals surface area contributed by atoms with E-state index < -0.39 is 28.8 Å². The zero-order valence-electron chi connectivity index (χ0n) is 14.8. The van der Waals surface area contributed by atoms with Gasteiger partial charge in [-0.2, -0.15) is 18.3 Å². The third-order valence-electron chi connectivity index (χ3n) is 3.85. The van der Waals surface area contributed by atoms with Gasteiger partial charge in [0.2, 0.25) is 5.43 Å². The summed E-state index contributed by atoms with van der Waals surface area (Å²) in [5, 5.41) is 3.61.